The van der Waals surface area contributed by atoms with Crippen molar-refractivity contribution in [3.8, 4) is 0 Å². The average Bonchev–Trinajstić information content (AvgIpc) is 2.94. The van der Waals surface area contributed by atoms with Gasteiger partial charge in [0.15, 0.2) is 0 Å². The van der Waals surface area contributed by atoms with Crippen molar-refractivity contribution in [1.82, 2.24) is 0 Å². The Bertz CT molecular complexity index is 572. The van der Waals surface area contributed by atoms with Gasteiger partial charge >= 0.3 is 5.97 Å². The molecule has 0 fully saturated rings. The summed E-state index contributed by atoms with van der Waals surface area (Å²) in [6.07, 6.45) is 2.38. The summed E-state index contributed by atoms with van der Waals surface area (Å²) < 4.78 is 5.18. The number of aromatic carboxylic acids is 1. The van der Waals surface area contributed by atoms with E-state index in [-0.39, 0.29) is 5.56 Å². The third-order valence-corrected chi connectivity index (χ3v) is 3.46. The fourth-order valence-electron chi connectivity index (χ4n) is 1.94. The summed E-state index contributed by atoms with van der Waals surface area (Å²) in [6.45, 7) is 4.85. The highest BCUT2D eigenvalue weighted by Crippen LogP contribution is 2.21. The second-order valence-electron chi connectivity index (χ2n) is 4.89. The maximum atomic E-state index is 10.7. The van der Waals surface area contributed by atoms with E-state index in [4.69, 9.17) is 9.52 Å². The molecule has 20 heavy (non-hydrogen) atoms. The van der Waals surface area contributed by atoms with Crippen LogP contribution in [0.3, 0.4) is 0 Å². The van der Waals surface area contributed by atoms with Crippen molar-refractivity contribution in [3.05, 3.63) is 53.5 Å². The van der Waals surface area contributed by atoms with Crippen molar-refractivity contribution in [2.45, 2.75) is 32.7 Å². The van der Waals surface area contributed by atoms with Crippen molar-refractivity contribution in [3.63, 3.8) is 0 Å². The summed E-state index contributed by atoms with van der Waals surface area (Å²) in [5.74, 6) is 0.193. The molecule has 1 heterocycles. The minimum Gasteiger partial charge on any atom is -0.478 e. The minimum absolute atomic E-state index is 0.175. The lowest BCUT2D eigenvalue weighted by Gasteiger charge is -2.10. The molecular formula is C16H19NO3. The smallest absolute Gasteiger partial charge is 0.338 e. The molecule has 4 nitrogen and oxygen atoms in total. The van der Waals surface area contributed by atoms with E-state index in [1.807, 2.05) is 12.1 Å². The van der Waals surface area contributed by atoms with Gasteiger partial charge in [-0.25, -0.2) is 4.79 Å². The lowest BCUT2D eigenvalue weighted by Crippen LogP contribution is -1.99. The van der Waals surface area contributed by atoms with Gasteiger partial charge in [0, 0.05) is 5.69 Å². The molecule has 0 aliphatic carbocycles. The standard InChI is InChI=1S/C16H19NO3/c1-3-11(2)12-4-6-14(7-5-12)17-9-15-8-13(10-20-15)16(18)19/h4-8,10-11,17H,3,9H2,1-2H3,(H,18,19). The molecule has 0 amide bonds. The molecule has 1 unspecified atom stereocenters. The Morgan fingerprint density at radius 3 is 2.60 bits per heavy atom. The second kappa shape index (κ2) is 6.28. The van der Waals surface area contributed by atoms with Crippen LogP contribution in [0.5, 0.6) is 0 Å². The molecule has 106 valence electrons. The second-order valence-corrected chi connectivity index (χ2v) is 4.89. The number of furan rings is 1. The summed E-state index contributed by atoms with van der Waals surface area (Å²) in [5.41, 5.74) is 2.49. The Labute approximate surface area is 118 Å². The number of nitrogens with one attached hydrogen (secondary N) is 1. The quantitative estimate of drug-likeness (QED) is 0.831. The molecule has 0 saturated heterocycles. The van der Waals surface area contributed by atoms with Crippen molar-refractivity contribution in [2.75, 3.05) is 5.32 Å². The van der Waals surface area contributed by atoms with Gasteiger partial charge < -0.3 is 14.8 Å². The summed E-state index contributed by atoms with van der Waals surface area (Å²) >= 11 is 0. The average molecular weight is 273 g/mol. The van der Waals surface area contributed by atoms with Crippen LogP contribution in [0.15, 0.2) is 41.0 Å². The first kappa shape index (κ1) is 14.2. The Morgan fingerprint density at radius 2 is 2.05 bits per heavy atom. The molecule has 0 radical (unpaired) electrons. The van der Waals surface area contributed by atoms with Gasteiger partial charge in [-0.15, -0.1) is 0 Å². The number of carboxylic acids is 1. The van der Waals surface area contributed by atoms with Crippen LogP contribution in [0.1, 0.15) is 47.9 Å². The van der Waals surface area contributed by atoms with Gasteiger partial charge in [-0.3, -0.25) is 0 Å². The van der Waals surface area contributed by atoms with Crippen molar-refractivity contribution in [2.24, 2.45) is 0 Å². The Balaban J connectivity index is 1.94. The normalized spacial score (nSPS) is 12.1. The molecule has 0 bridgehead atoms. The van der Waals surface area contributed by atoms with E-state index >= 15 is 0 Å². The van der Waals surface area contributed by atoms with E-state index in [0.717, 1.165) is 12.1 Å². The van der Waals surface area contributed by atoms with Crippen LogP contribution in [-0.4, -0.2) is 11.1 Å². The number of hydrogen-bond donors (Lipinski definition) is 2. The van der Waals surface area contributed by atoms with Crippen LogP contribution in [-0.2, 0) is 6.54 Å². The lowest BCUT2D eigenvalue weighted by atomic mass is 9.99. The van der Waals surface area contributed by atoms with Crippen molar-refractivity contribution < 1.29 is 14.3 Å². The van der Waals surface area contributed by atoms with Crippen LogP contribution < -0.4 is 5.32 Å². The topological polar surface area (TPSA) is 62.5 Å². The third kappa shape index (κ3) is 3.41. The predicted molar refractivity (Wildman–Crippen MR) is 78.1 cm³/mol. The van der Waals surface area contributed by atoms with E-state index < -0.39 is 5.97 Å². The molecule has 1 atom stereocenters. The number of benzene rings is 1. The van der Waals surface area contributed by atoms with E-state index in [0.29, 0.717) is 18.2 Å². The predicted octanol–water partition coefficient (Wildman–Crippen LogP) is 4.10. The van der Waals surface area contributed by atoms with Gasteiger partial charge in [-0.2, -0.15) is 0 Å². The summed E-state index contributed by atoms with van der Waals surface area (Å²) in [5, 5.41) is 12.0. The van der Waals surface area contributed by atoms with Crippen molar-refractivity contribution >= 4 is 11.7 Å². The van der Waals surface area contributed by atoms with Crippen LogP contribution >= 0.6 is 0 Å². The summed E-state index contributed by atoms with van der Waals surface area (Å²) in [7, 11) is 0. The highest BCUT2D eigenvalue weighted by molar-refractivity contribution is 5.87. The van der Waals surface area contributed by atoms with Crippen molar-refractivity contribution in [1.29, 1.82) is 0 Å². The zero-order valence-corrected chi connectivity index (χ0v) is 11.7. The van der Waals surface area contributed by atoms with E-state index in [9.17, 15) is 4.79 Å². The molecule has 4 heteroatoms. The fraction of sp³-hybridized carbons (Fsp3) is 0.312. The van der Waals surface area contributed by atoms with E-state index in [2.05, 4.69) is 31.3 Å². The van der Waals surface area contributed by atoms with Gasteiger partial charge in [-0.1, -0.05) is 26.0 Å². The molecule has 2 N–H and O–H groups in total. The lowest BCUT2D eigenvalue weighted by molar-refractivity contribution is 0.0696. The van der Waals surface area contributed by atoms with E-state index in [1.54, 1.807) is 0 Å². The number of carbonyl (C=O) groups is 1. The Morgan fingerprint density at radius 1 is 1.35 bits per heavy atom. The number of rotatable bonds is 6. The number of anilines is 1. The van der Waals surface area contributed by atoms with Gasteiger partial charge in [0.05, 0.1) is 12.1 Å². The summed E-state index contributed by atoms with van der Waals surface area (Å²) in [6, 6.07) is 9.82. The number of carboxylic acid groups (broad SMARTS) is 1. The Hall–Kier alpha value is -2.23. The van der Waals surface area contributed by atoms with Crippen LogP contribution in [0.25, 0.3) is 0 Å². The SMILES string of the molecule is CCC(C)c1ccc(NCc2cc(C(=O)O)co2)cc1. The molecule has 2 aromatic rings. The highest BCUT2D eigenvalue weighted by Gasteiger charge is 2.08. The first-order valence-corrected chi connectivity index (χ1v) is 6.74. The molecule has 0 spiro atoms. The fourth-order valence-corrected chi connectivity index (χ4v) is 1.94. The first-order chi connectivity index (χ1) is 9.60. The van der Waals surface area contributed by atoms with Crippen LogP contribution in [0, 0.1) is 0 Å². The first-order valence-electron chi connectivity index (χ1n) is 6.74. The molecule has 2 rings (SSSR count). The number of hydrogen-bond acceptors (Lipinski definition) is 3. The van der Waals surface area contributed by atoms with Gasteiger partial charge in [-0.05, 0) is 36.1 Å². The minimum atomic E-state index is -0.974. The Kier molecular flexibility index (Phi) is 4.45. The zero-order chi connectivity index (χ0) is 14.5. The van der Waals surface area contributed by atoms with Gasteiger partial charge in [0.25, 0.3) is 0 Å². The van der Waals surface area contributed by atoms with Crippen LogP contribution in [0.2, 0.25) is 0 Å². The molecule has 1 aromatic heterocycles. The summed E-state index contributed by atoms with van der Waals surface area (Å²) in [4.78, 5) is 10.7. The highest BCUT2D eigenvalue weighted by atomic mass is 16.4. The monoisotopic (exact) mass is 273 g/mol. The van der Waals surface area contributed by atoms with Crippen LogP contribution in [0.4, 0.5) is 5.69 Å². The molecule has 0 aliphatic heterocycles. The largest absolute Gasteiger partial charge is 0.478 e. The maximum Gasteiger partial charge on any atom is 0.338 e. The zero-order valence-electron chi connectivity index (χ0n) is 11.7. The molecule has 1 aromatic carbocycles. The third-order valence-electron chi connectivity index (χ3n) is 3.46. The van der Waals surface area contributed by atoms with E-state index in [1.165, 1.54) is 17.9 Å². The maximum absolute atomic E-state index is 10.7. The molecule has 0 aliphatic rings. The molecular weight excluding hydrogens is 254 g/mol. The molecule has 0 saturated carbocycles. The van der Waals surface area contributed by atoms with Gasteiger partial charge in [0.1, 0.15) is 12.0 Å². The van der Waals surface area contributed by atoms with Gasteiger partial charge in [0.2, 0.25) is 0 Å².